The fourth-order valence-corrected chi connectivity index (χ4v) is 3.28. The molecular formula is C19H15F4N5O2. The summed E-state index contributed by atoms with van der Waals surface area (Å²) in [7, 11) is 0. The van der Waals surface area contributed by atoms with E-state index in [-0.39, 0.29) is 23.3 Å². The van der Waals surface area contributed by atoms with Crippen LogP contribution in [0.1, 0.15) is 40.7 Å². The van der Waals surface area contributed by atoms with E-state index in [0.29, 0.717) is 37.2 Å². The van der Waals surface area contributed by atoms with Crippen LogP contribution in [0, 0.1) is 5.82 Å². The molecule has 0 aliphatic carbocycles. The van der Waals surface area contributed by atoms with Crippen LogP contribution in [0.4, 0.5) is 17.6 Å². The number of rotatable bonds is 3. The summed E-state index contributed by atoms with van der Waals surface area (Å²) in [5, 5.41) is 3.33. The van der Waals surface area contributed by atoms with Gasteiger partial charge in [0.15, 0.2) is 0 Å². The van der Waals surface area contributed by atoms with E-state index < -0.39 is 17.9 Å². The third kappa shape index (κ3) is 4.14. The first-order valence-corrected chi connectivity index (χ1v) is 9.09. The predicted molar refractivity (Wildman–Crippen MR) is 94.6 cm³/mol. The van der Waals surface area contributed by atoms with Crippen LogP contribution < -0.4 is 0 Å². The quantitative estimate of drug-likeness (QED) is 0.600. The van der Waals surface area contributed by atoms with Crippen LogP contribution in [0.15, 0.2) is 41.2 Å². The molecule has 2 aromatic heterocycles. The van der Waals surface area contributed by atoms with Crippen molar-refractivity contribution in [2.24, 2.45) is 0 Å². The number of benzene rings is 1. The molecule has 4 rings (SSSR count). The van der Waals surface area contributed by atoms with Crippen molar-refractivity contribution in [2.75, 3.05) is 13.1 Å². The van der Waals surface area contributed by atoms with E-state index in [0.717, 1.165) is 0 Å². The van der Waals surface area contributed by atoms with Crippen molar-refractivity contribution in [1.29, 1.82) is 0 Å². The smallest absolute Gasteiger partial charge is 0.339 e. The van der Waals surface area contributed by atoms with Crippen molar-refractivity contribution in [3.8, 4) is 11.5 Å². The summed E-state index contributed by atoms with van der Waals surface area (Å²) in [6.45, 7) is 0.931. The second-order valence-corrected chi connectivity index (χ2v) is 6.82. The van der Waals surface area contributed by atoms with Gasteiger partial charge < -0.3 is 9.42 Å². The van der Waals surface area contributed by atoms with Crippen molar-refractivity contribution in [3.05, 3.63) is 59.6 Å². The third-order valence-corrected chi connectivity index (χ3v) is 4.84. The van der Waals surface area contributed by atoms with Crippen LogP contribution in [-0.2, 0) is 6.18 Å². The van der Waals surface area contributed by atoms with E-state index in [2.05, 4.69) is 24.6 Å². The fraction of sp³-hybridized carbons (Fsp3) is 0.316. The van der Waals surface area contributed by atoms with Crippen molar-refractivity contribution in [1.82, 2.24) is 25.0 Å². The van der Waals surface area contributed by atoms with Crippen molar-refractivity contribution >= 4 is 5.91 Å². The number of nitrogens with zero attached hydrogens (tertiary/aromatic N) is 5. The normalized spacial score (nSPS) is 15.4. The molecule has 30 heavy (non-hydrogen) atoms. The number of carbonyl (C=O) groups excluding carboxylic acids is 1. The summed E-state index contributed by atoms with van der Waals surface area (Å²) in [5.41, 5.74) is 1.07. The van der Waals surface area contributed by atoms with E-state index in [9.17, 15) is 22.4 Å². The lowest BCUT2D eigenvalue weighted by atomic mass is 9.93. The van der Waals surface area contributed by atoms with E-state index in [1.54, 1.807) is 4.90 Å². The van der Waals surface area contributed by atoms with Gasteiger partial charge in [-0.3, -0.25) is 9.78 Å². The zero-order valence-corrected chi connectivity index (χ0v) is 15.4. The number of hydrogen-bond donors (Lipinski definition) is 0. The highest BCUT2D eigenvalue weighted by molar-refractivity contribution is 5.94. The van der Waals surface area contributed by atoms with Crippen LogP contribution >= 0.6 is 0 Å². The monoisotopic (exact) mass is 421 g/mol. The van der Waals surface area contributed by atoms with Gasteiger partial charge in [0.2, 0.25) is 5.82 Å². The molecule has 1 aliphatic rings. The number of halogens is 4. The highest BCUT2D eigenvalue weighted by Crippen LogP contribution is 2.30. The molecule has 1 amide bonds. The maximum atomic E-state index is 13.0. The molecule has 0 bridgehead atoms. The molecule has 1 aromatic carbocycles. The zero-order valence-electron chi connectivity index (χ0n) is 15.4. The minimum Gasteiger partial charge on any atom is -0.339 e. The fourth-order valence-electron chi connectivity index (χ4n) is 3.28. The molecule has 0 saturated carbocycles. The van der Waals surface area contributed by atoms with E-state index in [1.807, 2.05) is 0 Å². The lowest BCUT2D eigenvalue weighted by Gasteiger charge is -2.31. The second-order valence-electron chi connectivity index (χ2n) is 6.82. The van der Waals surface area contributed by atoms with Crippen molar-refractivity contribution < 1.29 is 26.9 Å². The molecule has 0 unspecified atom stereocenters. The first-order valence-electron chi connectivity index (χ1n) is 9.09. The summed E-state index contributed by atoms with van der Waals surface area (Å²) in [6, 6.07) is 5.37. The van der Waals surface area contributed by atoms with E-state index in [1.165, 1.54) is 36.7 Å². The molecule has 11 heteroatoms. The molecular weight excluding hydrogens is 406 g/mol. The van der Waals surface area contributed by atoms with Gasteiger partial charge >= 0.3 is 12.1 Å². The Hall–Kier alpha value is -3.37. The number of piperidine rings is 1. The predicted octanol–water partition coefficient (Wildman–Crippen LogP) is 3.70. The molecule has 156 valence electrons. The molecule has 0 N–H and O–H groups in total. The Bertz CT molecular complexity index is 1040. The molecule has 1 saturated heterocycles. The average molecular weight is 421 g/mol. The average Bonchev–Trinajstić information content (AvgIpc) is 3.25. The summed E-state index contributed by atoms with van der Waals surface area (Å²) < 4.78 is 55.2. The molecule has 3 aromatic rings. The van der Waals surface area contributed by atoms with E-state index >= 15 is 0 Å². The lowest BCUT2D eigenvalue weighted by molar-refractivity contribution is -0.159. The molecule has 3 heterocycles. The van der Waals surface area contributed by atoms with Crippen LogP contribution in [0.2, 0.25) is 0 Å². The second kappa shape index (κ2) is 7.81. The highest BCUT2D eigenvalue weighted by Gasteiger charge is 2.38. The minimum absolute atomic E-state index is 0.0243. The third-order valence-electron chi connectivity index (χ3n) is 4.84. The van der Waals surface area contributed by atoms with Gasteiger partial charge in [-0.05, 0) is 37.1 Å². The zero-order chi connectivity index (χ0) is 21.3. The van der Waals surface area contributed by atoms with Gasteiger partial charge in [-0.1, -0.05) is 5.16 Å². The molecule has 0 atom stereocenters. The first kappa shape index (κ1) is 19.9. The van der Waals surface area contributed by atoms with Gasteiger partial charge in [0.1, 0.15) is 11.5 Å². The number of amides is 1. The summed E-state index contributed by atoms with van der Waals surface area (Å²) in [4.78, 5) is 25.9. The Morgan fingerprint density at radius 3 is 2.40 bits per heavy atom. The molecule has 1 aliphatic heterocycles. The Morgan fingerprint density at radius 2 is 1.77 bits per heavy atom. The standard InChI is InChI=1S/C19H15F4N5O2/c20-13-3-1-12(2-4-13)17(29)28-7-5-11(6-8-28)14-9-24-10-15(25-14)16-26-18(30-27-16)19(21,22)23/h1-4,9-11H,5-8H2. The minimum atomic E-state index is -4.74. The number of likely N-dealkylation sites (tertiary alicyclic amines) is 1. The van der Waals surface area contributed by atoms with E-state index in [4.69, 9.17) is 0 Å². The maximum absolute atomic E-state index is 13.0. The van der Waals surface area contributed by atoms with Gasteiger partial charge in [0, 0.05) is 30.8 Å². The molecule has 0 spiro atoms. The number of alkyl halides is 3. The Labute approximate surface area is 167 Å². The lowest BCUT2D eigenvalue weighted by Crippen LogP contribution is -2.38. The molecule has 0 radical (unpaired) electrons. The maximum Gasteiger partial charge on any atom is 0.471 e. The van der Waals surface area contributed by atoms with Crippen molar-refractivity contribution in [3.63, 3.8) is 0 Å². The van der Waals surface area contributed by atoms with Gasteiger partial charge in [0.25, 0.3) is 5.91 Å². The highest BCUT2D eigenvalue weighted by atomic mass is 19.4. The van der Waals surface area contributed by atoms with Gasteiger partial charge in [-0.15, -0.1) is 0 Å². The molecule has 1 fully saturated rings. The van der Waals surface area contributed by atoms with Crippen LogP contribution in [0.5, 0.6) is 0 Å². The number of hydrogen-bond acceptors (Lipinski definition) is 6. The summed E-state index contributed by atoms with van der Waals surface area (Å²) >= 11 is 0. The summed E-state index contributed by atoms with van der Waals surface area (Å²) in [6.07, 6.45) is -0.728. The topological polar surface area (TPSA) is 85.0 Å². The molecule has 7 nitrogen and oxygen atoms in total. The number of aromatic nitrogens is 4. The largest absolute Gasteiger partial charge is 0.471 e. The van der Waals surface area contributed by atoms with Crippen LogP contribution in [-0.4, -0.2) is 44.0 Å². The Morgan fingerprint density at radius 1 is 1.07 bits per heavy atom. The van der Waals surface area contributed by atoms with Crippen molar-refractivity contribution in [2.45, 2.75) is 24.9 Å². The Balaban J connectivity index is 1.44. The number of carbonyl (C=O) groups is 1. The van der Waals surface area contributed by atoms with Gasteiger partial charge in [-0.2, -0.15) is 18.2 Å². The van der Waals surface area contributed by atoms with Gasteiger partial charge in [0.05, 0.1) is 11.9 Å². The van der Waals surface area contributed by atoms with Crippen LogP contribution in [0.25, 0.3) is 11.5 Å². The van der Waals surface area contributed by atoms with Crippen LogP contribution in [0.3, 0.4) is 0 Å². The summed E-state index contributed by atoms with van der Waals surface area (Å²) in [5.74, 6) is -2.35. The first-order chi connectivity index (χ1) is 14.3. The SMILES string of the molecule is O=C(c1ccc(F)cc1)N1CCC(c2cncc(-c3noc(C(F)(F)F)n3)n2)CC1. The van der Waals surface area contributed by atoms with Gasteiger partial charge in [-0.25, -0.2) is 9.37 Å². The Kier molecular flexibility index (Phi) is 5.18.